The molecule has 0 spiro atoms. The first-order valence-electron chi connectivity index (χ1n) is 7.99. The van der Waals surface area contributed by atoms with Crippen molar-refractivity contribution in [2.24, 2.45) is 0 Å². The van der Waals surface area contributed by atoms with E-state index in [0.29, 0.717) is 0 Å². The maximum atomic E-state index is 11.5. The van der Waals surface area contributed by atoms with Gasteiger partial charge >= 0.3 is 29.8 Å². The molecule has 0 aromatic heterocycles. The lowest BCUT2D eigenvalue weighted by molar-refractivity contribution is -0.300. The van der Waals surface area contributed by atoms with Crippen LogP contribution in [0.25, 0.3) is 0 Å². The first-order chi connectivity index (χ1) is 12.5. The average molecular weight is 390 g/mol. The summed E-state index contributed by atoms with van der Waals surface area (Å²) >= 11 is 0. The van der Waals surface area contributed by atoms with Gasteiger partial charge in [-0.3, -0.25) is 24.0 Å². The molecule has 11 heteroatoms. The molecule has 1 fully saturated rings. The molecule has 11 nitrogen and oxygen atoms in total. The number of carbonyl (C=O) groups excluding carboxylic acids is 5. The number of ether oxygens (including phenoxy) is 6. The highest BCUT2D eigenvalue weighted by molar-refractivity contribution is 5.69. The molecular formula is C16H22O11. The molecule has 1 saturated heterocycles. The topological polar surface area (TPSA) is 141 Å². The van der Waals surface area contributed by atoms with Gasteiger partial charge in [-0.25, -0.2) is 0 Å². The van der Waals surface area contributed by atoms with Gasteiger partial charge in [0.2, 0.25) is 12.4 Å². The highest BCUT2D eigenvalue weighted by Gasteiger charge is 2.53. The van der Waals surface area contributed by atoms with Gasteiger partial charge in [-0.15, -0.1) is 0 Å². The summed E-state index contributed by atoms with van der Waals surface area (Å²) in [5.41, 5.74) is 0. The molecular weight excluding hydrogens is 368 g/mol. The summed E-state index contributed by atoms with van der Waals surface area (Å²) in [7, 11) is 0. The molecule has 1 heterocycles. The molecule has 0 radical (unpaired) electrons. The number of rotatable bonds is 6. The Balaban J connectivity index is 3.29. The molecule has 0 unspecified atom stereocenters. The van der Waals surface area contributed by atoms with Crippen LogP contribution in [0.1, 0.15) is 34.6 Å². The van der Waals surface area contributed by atoms with Gasteiger partial charge in [0, 0.05) is 34.6 Å². The maximum Gasteiger partial charge on any atom is 0.305 e. The second-order valence-corrected chi connectivity index (χ2v) is 5.68. The van der Waals surface area contributed by atoms with E-state index >= 15 is 0 Å². The average Bonchev–Trinajstić information content (AvgIpc) is 2.49. The number of carbonyl (C=O) groups is 5. The highest BCUT2D eigenvalue weighted by Crippen LogP contribution is 2.29. The van der Waals surface area contributed by atoms with Gasteiger partial charge in [-0.1, -0.05) is 0 Å². The molecule has 0 saturated carbocycles. The maximum absolute atomic E-state index is 11.5. The van der Waals surface area contributed by atoms with Crippen molar-refractivity contribution < 1.29 is 52.4 Å². The highest BCUT2D eigenvalue weighted by atomic mass is 16.7. The zero-order valence-corrected chi connectivity index (χ0v) is 15.6. The third-order valence-electron chi connectivity index (χ3n) is 3.23. The minimum atomic E-state index is -1.48. The van der Waals surface area contributed by atoms with E-state index in [0.717, 1.165) is 34.6 Å². The van der Waals surface area contributed by atoms with E-state index < -0.39 is 67.2 Å². The van der Waals surface area contributed by atoms with E-state index in [4.69, 9.17) is 28.4 Å². The van der Waals surface area contributed by atoms with Crippen molar-refractivity contribution in [3.63, 3.8) is 0 Å². The van der Waals surface area contributed by atoms with E-state index in [2.05, 4.69) is 0 Å². The SMILES string of the molecule is CC(=O)OC[C@H]1O[C@H](OC(C)=O)[C@H](OC(C)=O)[C@@H](OC(C)=O)[C@H]1OC(C)=O. The predicted molar refractivity (Wildman–Crippen MR) is 83.7 cm³/mol. The van der Waals surface area contributed by atoms with Crippen LogP contribution in [0, 0.1) is 0 Å². The summed E-state index contributed by atoms with van der Waals surface area (Å²) in [6.07, 6.45) is -6.70. The summed E-state index contributed by atoms with van der Waals surface area (Å²) in [5.74, 6) is -3.71. The molecule has 27 heavy (non-hydrogen) atoms. The van der Waals surface area contributed by atoms with Crippen molar-refractivity contribution in [1.82, 2.24) is 0 Å². The Kier molecular flexibility index (Phi) is 8.16. The summed E-state index contributed by atoms with van der Waals surface area (Å²) in [6, 6.07) is 0. The van der Waals surface area contributed by atoms with Crippen LogP contribution < -0.4 is 0 Å². The number of esters is 5. The van der Waals surface area contributed by atoms with Gasteiger partial charge in [0.1, 0.15) is 12.7 Å². The zero-order valence-electron chi connectivity index (χ0n) is 15.6. The minimum Gasteiger partial charge on any atom is -0.463 e. The van der Waals surface area contributed by atoms with E-state index in [9.17, 15) is 24.0 Å². The van der Waals surface area contributed by atoms with Crippen LogP contribution in [-0.4, -0.2) is 67.2 Å². The Labute approximate surface area is 155 Å². The van der Waals surface area contributed by atoms with Crippen LogP contribution in [0.15, 0.2) is 0 Å². The number of hydrogen-bond donors (Lipinski definition) is 0. The first kappa shape index (κ1) is 22.4. The summed E-state index contributed by atoms with van der Waals surface area (Å²) < 4.78 is 30.8. The monoisotopic (exact) mass is 390 g/mol. The van der Waals surface area contributed by atoms with Gasteiger partial charge in [0.05, 0.1) is 0 Å². The fraction of sp³-hybridized carbons (Fsp3) is 0.688. The van der Waals surface area contributed by atoms with E-state index in [1.807, 2.05) is 0 Å². The largest absolute Gasteiger partial charge is 0.463 e. The Bertz CT molecular complexity index is 599. The zero-order chi connectivity index (χ0) is 20.7. The molecule has 0 bridgehead atoms. The number of hydrogen-bond acceptors (Lipinski definition) is 11. The van der Waals surface area contributed by atoms with Crippen molar-refractivity contribution >= 4 is 29.8 Å². The van der Waals surface area contributed by atoms with Crippen LogP contribution in [0.5, 0.6) is 0 Å². The van der Waals surface area contributed by atoms with Crippen molar-refractivity contribution in [2.75, 3.05) is 6.61 Å². The summed E-state index contributed by atoms with van der Waals surface area (Å²) in [4.78, 5) is 57.0. The van der Waals surface area contributed by atoms with Gasteiger partial charge in [-0.05, 0) is 0 Å². The molecule has 1 aliphatic heterocycles. The molecule has 5 atom stereocenters. The lowest BCUT2D eigenvalue weighted by Gasteiger charge is -2.43. The van der Waals surface area contributed by atoms with Crippen LogP contribution >= 0.6 is 0 Å². The van der Waals surface area contributed by atoms with Crippen LogP contribution in [-0.2, 0) is 52.4 Å². The van der Waals surface area contributed by atoms with E-state index in [1.165, 1.54) is 0 Å². The first-order valence-corrected chi connectivity index (χ1v) is 7.99. The molecule has 0 aliphatic carbocycles. The van der Waals surface area contributed by atoms with Crippen molar-refractivity contribution in [3.8, 4) is 0 Å². The Hall–Kier alpha value is -2.69. The van der Waals surface area contributed by atoms with Crippen molar-refractivity contribution in [1.29, 1.82) is 0 Å². The Morgan fingerprint density at radius 3 is 1.52 bits per heavy atom. The van der Waals surface area contributed by atoms with Crippen LogP contribution in [0.2, 0.25) is 0 Å². The van der Waals surface area contributed by atoms with Crippen molar-refractivity contribution in [2.45, 2.75) is 65.3 Å². The molecule has 1 rings (SSSR count). The van der Waals surface area contributed by atoms with Gasteiger partial charge < -0.3 is 28.4 Å². The van der Waals surface area contributed by atoms with Crippen LogP contribution in [0.3, 0.4) is 0 Å². The van der Waals surface area contributed by atoms with E-state index in [1.54, 1.807) is 0 Å². The second kappa shape index (κ2) is 9.86. The molecule has 0 amide bonds. The summed E-state index contributed by atoms with van der Waals surface area (Å²) in [5, 5.41) is 0. The lowest BCUT2D eigenvalue weighted by Crippen LogP contribution is -2.63. The Morgan fingerprint density at radius 1 is 0.630 bits per heavy atom. The van der Waals surface area contributed by atoms with Crippen molar-refractivity contribution in [3.05, 3.63) is 0 Å². The third kappa shape index (κ3) is 7.21. The smallest absolute Gasteiger partial charge is 0.305 e. The third-order valence-corrected chi connectivity index (χ3v) is 3.23. The lowest BCUT2D eigenvalue weighted by atomic mass is 9.98. The standard InChI is InChI=1S/C16H22O11/c1-7(17)22-6-12-13(23-8(2)18)14(24-9(3)19)15(25-10(4)20)16(27-12)26-11(5)21/h12-16H,6H2,1-5H3/t12-,13+,14+,15-,16+/m1/s1. The van der Waals surface area contributed by atoms with Gasteiger partial charge in [0.15, 0.2) is 12.2 Å². The molecule has 0 N–H and O–H groups in total. The fourth-order valence-corrected chi connectivity index (χ4v) is 2.45. The second-order valence-electron chi connectivity index (χ2n) is 5.68. The summed E-state index contributed by atoms with van der Waals surface area (Å²) in [6.45, 7) is 5.13. The van der Waals surface area contributed by atoms with E-state index in [-0.39, 0.29) is 0 Å². The fourth-order valence-electron chi connectivity index (χ4n) is 2.45. The molecule has 1 aliphatic rings. The Morgan fingerprint density at radius 2 is 1.07 bits per heavy atom. The minimum absolute atomic E-state index is 0.393. The van der Waals surface area contributed by atoms with Gasteiger partial charge in [-0.2, -0.15) is 0 Å². The normalized spacial score (nSPS) is 27.1. The van der Waals surface area contributed by atoms with Gasteiger partial charge in [0.25, 0.3) is 0 Å². The molecule has 0 aromatic rings. The predicted octanol–water partition coefficient (Wildman–Crippen LogP) is -0.367. The quantitative estimate of drug-likeness (QED) is 0.433. The van der Waals surface area contributed by atoms with Crippen LogP contribution in [0.4, 0.5) is 0 Å². The molecule has 152 valence electrons. The molecule has 0 aromatic carbocycles.